The average molecular weight is 563 g/mol. The molecule has 2 unspecified atom stereocenters. The van der Waals surface area contributed by atoms with Crippen LogP contribution in [0.4, 0.5) is 0 Å². The second-order valence-corrected chi connectivity index (χ2v) is 12.5. The monoisotopic (exact) mass is 562 g/mol. The number of fused-ring (bicyclic) bond motifs is 2. The van der Waals surface area contributed by atoms with Crippen molar-refractivity contribution < 1.29 is 23.9 Å². The molecule has 4 aliphatic rings. The van der Waals surface area contributed by atoms with Crippen LogP contribution in [0.2, 0.25) is 0 Å². The molecule has 1 aromatic carbocycles. The van der Waals surface area contributed by atoms with Gasteiger partial charge in [-0.15, -0.1) is 0 Å². The number of ether oxygens (including phenoxy) is 1. The molecule has 9 heteroatoms. The van der Waals surface area contributed by atoms with E-state index in [1.807, 2.05) is 68.5 Å². The number of carbonyl (C=O) groups excluding carboxylic acids is 4. The summed E-state index contributed by atoms with van der Waals surface area (Å²) in [5.41, 5.74) is -0.855. The van der Waals surface area contributed by atoms with Gasteiger partial charge in [-0.25, -0.2) is 0 Å². The number of epoxide rings is 1. The van der Waals surface area contributed by atoms with E-state index in [1.54, 1.807) is 6.92 Å². The van der Waals surface area contributed by atoms with E-state index in [-0.39, 0.29) is 41.7 Å². The largest absolute Gasteiger partial charge is 0.365 e. The third-order valence-electron chi connectivity index (χ3n) is 9.67. The highest BCUT2D eigenvalue weighted by Gasteiger charge is 2.78. The first-order chi connectivity index (χ1) is 19.5. The number of nitrogens with one attached hydrogen (secondary N) is 4. The minimum atomic E-state index is -1.47. The van der Waals surface area contributed by atoms with Gasteiger partial charge in [-0.2, -0.15) is 0 Å². The molecule has 220 valence electrons. The number of carbonyl (C=O) groups is 4. The van der Waals surface area contributed by atoms with Gasteiger partial charge in [0.25, 0.3) is 0 Å². The molecule has 1 aliphatic carbocycles. The van der Waals surface area contributed by atoms with E-state index in [2.05, 4.69) is 35.1 Å². The van der Waals surface area contributed by atoms with Crippen LogP contribution in [0.15, 0.2) is 54.6 Å². The zero-order valence-electron chi connectivity index (χ0n) is 24.5. The van der Waals surface area contributed by atoms with E-state index in [1.165, 1.54) is 0 Å². The Labute approximate surface area is 241 Å². The molecule has 3 aliphatic heterocycles. The zero-order chi connectivity index (χ0) is 29.5. The standard InChI is InChI=1S/C32H42N4O5/c1-18(2)25-28(38)34-20(4)27(37)33-16-12-7-6-11-15-22-26-31(5,41-26)19(3)24-23(17-21-13-9-8-10-14-21)35-29(39)32(22,24)30(40)36-25/h7-15,18-20,22-26H,6,16-17H2,1-5H3,(H,33,37)(H,34,38)(H,35,39)(H,36,40)/b12-7-,15-11+/t19-,20-,22?,23-,24?,25+,26-,31+,32+/m0/s1. The quantitative estimate of drug-likeness (QED) is 0.255. The Morgan fingerprint density at radius 3 is 2.34 bits per heavy atom. The van der Waals surface area contributed by atoms with E-state index in [0.29, 0.717) is 19.4 Å². The SMILES string of the molecule is CC(C)[C@H]1NC(=O)[C@@]23C(=O)N[C@@H](Cc4ccccc4)C2[C@H](C)[C@@]2(C)O[C@H]2C3/C=C/C/C=C\CNC(=O)[C@H](C)NC1=O. The fourth-order valence-electron chi connectivity index (χ4n) is 7.26. The molecule has 0 bridgehead atoms. The predicted octanol–water partition coefficient (Wildman–Crippen LogP) is 2.03. The molecule has 1 spiro atoms. The normalized spacial score (nSPS) is 40.7. The van der Waals surface area contributed by atoms with E-state index < -0.39 is 40.8 Å². The van der Waals surface area contributed by atoms with Gasteiger partial charge in [-0.1, -0.05) is 75.4 Å². The lowest BCUT2D eigenvalue weighted by Crippen LogP contribution is -2.64. The van der Waals surface area contributed by atoms with Crippen molar-refractivity contribution >= 4 is 23.6 Å². The lowest BCUT2D eigenvalue weighted by atomic mass is 9.52. The van der Waals surface area contributed by atoms with Crippen LogP contribution < -0.4 is 21.3 Å². The minimum Gasteiger partial charge on any atom is -0.365 e. The van der Waals surface area contributed by atoms with E-state index in [4.69, 9.17) is 4.74 Å². The second kappa shape index (κ2) is 11.1. The van der Waals surface area contributed by atoms with Gasteiger partial charge in [0.05, 0.1) is 11.7 Å². The molecule has 5 rings (SSSR count). The summed E-state index contributed by atoms with van der Waals surface area (Å²) in [5.74, 6) is -2.84. The molecule has 9 nitrogen and oxygen atoms in total. The van der Waals surface area contributed by atoms with E-state index in [0.717, 1.165) is 5.56 Å². The summed E-state index contributed by atoms with van der Waals surface area (Å²) in [4.78, 5) is 54.8. The molecule has 0 aromatic heterocycles. The van der Waals surface area contributed by atoms with Crippen LogP contribution in [-0.4, -0.2) is 60.0 Å². The second-order valence-electron chi connectivity index (χ2n) is 12.5. The van der Waals surface area contributed by atoms with Gasteiger partial charge in [0, 0.05) is 24.4 Å². The molecule has 3 heterocycles. The first kappa shape index (κ1) is 29.0. The molecule has 1 aromatic rings. The smallest absolute Gasteiger partial charge is 0.243 e. The van der Waals surface area contributed by atoms with Gasteiger partial charge in [0.15, 0.2) is 0 Å². The number of hydrogen-bond donors (Lipinski definition) is 4. The highest BCUT2D eigenvalue weighted by atomic mass is 16.6. The molecular formula is C32H42N4O5. The summed E-state index contributed by atoms with van der Waals surface area (Å²) in [6.07, 6.45) is 8.55. The lowest BCUT2D eigenvalue weighted by molar-refractivity contribution is -0.152. The maximum absolute atomic E-state index is 14.6. The van der Waals surface area contributed by atoms with Crippen molar-refractivity contribution in [2.24, 2.45) is 29.1 Å². The van der Waals surface area contributed by atoms with Crippen molar-refractivity contribution in [2.75, 3.05) is 6.54 Å². The first-order valence-electron chi connectivity index (χ1n) is 14.7. The van der Waals surface area contributed by atoms with Crippen molar-refractivity contribution in [3.8, 4) is 0 Å². The summed E-state index contributed by atoms with van der Waals surface area (Å²) in [7, 11) is 0. The molecule has 41 heavy (non-hydrogen) atoms. The molecule has 1 saturated carbocycles. The topological polar surface area (TPSA) is 129 Å². The van der Waals surface area contributed by atoms with Crippen LogP contribution >= 0.6 is 0 Å². The van der Waals surface area contributed by atoms with Crippen LogP contribution in [0.3, 0.4) is 0 Å². The first-order valence-corrected chi connectivity index (χ1v) is 14.7. The summed E-state index contributed by atoms with van der Waals surface area (Å²) in [6, 6.07) is 7.94. The van der Waals surface area contributed by atoms with Crippen LogP contribution in [0.1, 0.15) is 46.6 Å². The van der Waals surface area contributed by atoms with Crippen molar-refractivity contribution in [2.45, 2.75) is 77.3 Å². The maximum Gasteiger partial charge on any atom is 0.243 e. The minimum absolute atomic E-state index is 0.101. The van der Waals surface area contributed by atoms with Crippen LogP contribution in [0, 0.1) is 29.1 Å². The van der Waals surface area contributed by atoms with Gasteiger partial charge >= 0.3 is 0 Å². The van der Waals surface area contributed by atoms with E-state index in [9.17, 15) is 19.2 Å². The van der Waals surface area contributed by atoms with Crippen molar-refractivity contribution in [3.63, 3.8) is 0 Å². The molecule has 4 N–H and O–H groups in total. The fourth-order valence-corrected chi connectivity index (χ4v) is 7.26. The van der Waals surface area contributed by atoms with Crippen LogP contribution in [0.25, 0.3) is 0 Å². The molecule has 4 amide bonds. The van der Waals surface area contributed by atoms with Crippen molar-refractivity contribution in [3.05, 3.63) is 60.2 Å². The van der Waals surface area contributed by atoms with Crippen molar-refractivity contribution in [1.82, 2.24) is 21.3 Å². The molecule has 0 radical (unpaired) electrons. The molecule has 2 saturated heterocycles. The van der Waals surface area contributed by atoms with Crippen LogP contribution in [0.5, 0.6) is 0 Å². The van der Waals surface area contributed by atoms with Gasteiger partial charge in [0.1, 0.15) is 17.5 Å². The maximum atomic E-state index is 14.6. The van der Waals surface area contributed by atoms with Gasteiger partial charge < -0.3 is 26.0 Å². The average Bonchev–Trinajstić information content (AvgIpc) is 3.55. The summed E-state index contributed by atoms with van der Waals surface area (Å²) in [6.45, 7) is 9.77. The Hall–Kier alpha value is -3.46. The fraction of sp³-hybridized carbons (Fsp3) is 0.562. The summed E-state index contributed by atoms with van der Waals surface area (Å²) in [5, 5.41) is 11.7. The molecule has 3 fully saturated rings. The lowest BCUT2D eigenvalue weighted by Gasteiger charge is -2.46. The number of amides is 4. The molecule has 9 atom stereocenters. The third kappa shape index (κ3) is 4.98. The van der Waals surface area contributed by atoms with Gasteiger partial charge in [-0.05, 0) is 44.1 Å². The number of hydrogen-bond acceptors (Lipinski definition) is 5. The number of rotatable bonds is 3. The zero-order valence-corrected chi connectivity index (χ0v) is 24.5. The van der Waals surface area contributed by atoms with Crippen LogP contribution in [-0.2, 0) is 30.3 Å². The summed E-state index contributed by atoms with van der Waals surface area (Å²) < 4.78 is 6.34. The Morgan fingerprint density at radius 1 is 0.927 bits per heavy atom. The number of benzene rings is 1. The highest BCUT2D eigenvalue weighted by Crippen LogP contribution is 2.65. The third-order valence-corrected chi connectivity index (χ3v) is 9.67. The molecular weight excluding hydrogens is 520 g/mol. The Balaban J connectivity index is 1.59. The summed E-state index contributed by atoms with van der Waals surface area (Å²) >= 11 is 0. The predicted molar refractivity (Wildman–Crippen MR) is 154 cm³/mol. The van der Waals surface area contributed by atoms with Crippen molar-refractivity contribution in [1.29, 1.82) is 0 Å². The number of allylic oxidation sites excluding steroid dienone is 2. The van der Waals surface area contributed by atoms with E-state index >= 15 is 0 Å². The van der Waals surface area contributed by atoms with Gasteiger partial charge in [-0.3, -0.25) is 19.2 Å². The Kier molecular flexibility index (Phi) is 7.85. The Morgan fingerprint density at radius 2 is 1.63 bits per heavy atom. The Bertz CT molecular complexity index is 1260. The highest BCUT2D eigenvalue weighted by molar-refractivity contribution is 6.09. The van der Waals surface area contributed by atoms with Gasteiger partial charge in [0.2, 0.25) is 23.6 Å².